The molecule has 0 bridgehead atoms. The number of terminal acetylenes is 1. The van der Waals surface area contributed by atoms with Gasteiger partial charge in [-0.25, -0.2) is 0 Å². The molecular formula is C10H14O3Si. The van der Waals surface area contributed by atoms with Crippen molar-refractivity contribution >= 4 is 10.5 Å². The summed E-state index contributed by atoms with van der Waals surface area (Å²) in [7, 11) is 0.641. The standard InChI is InChI=1S/C10H14O3Si/c1-2-9(13-14)3-5-10(6-4-9)11-7-8-12-10/h1,3,5H,4,6-8H2,14H3. The minimum absolute atomic E-state index is 0.507. The highest BCUT2D eigenvalue weighted by Gasteiger charge is 2.41. The Balaban J connectivity index is 2.17. The van der Waals surface area contributed by atoms with Gasteiger partial charge in [0.2, 0.25) is 0 Å². The van der Waals surface area contributed by atoms with E-state index < -0.39 is 11.4 Å². The fraction of sp³-hybridized carbons (Fsp3) is 0.600. The molecule has 4 heteroatoms. The molecule has 0 aromatic heterocycles. The van der Waals surface area contributed by atoms with Crippen LogP contribution in [0.1, 0.15) is 12.8 Å². The maximum absolute atomic E-state index is 5.54. The first-order valence-corrected chi connectivity index (χ1v) is 5.57. The first-order chi connectivity index (χ1) is 6.74. The third-order valence-electron chi connectivity index (χ3n) is 2.84. The van der Waals surface area contributed by atoms with E-state index in [1.54, 1.807) is 0 Å². The first kappa shape index (κ1) is 9.93. The van der Waals surface area contributed by atoms with Crippen molar-refractivity contribution in [3.05, 3.63) is 12.2 Å². The molecule has 1 atom stereocenters. The van der Waals surface area contributed by atoms with Crippen LogP contribution in [0.15, 0.2) is 12.2 Å². The molecule has 0 amide bonds. The van der Waals surface area contributed by atoms with E-state index in [4.69, 9.17) is 20.3 Å². The molecule has 0 aromatic carbocycles. The van der Waals surface area contributed by atoms with Gasteiger partial charge >= 0.3 is 0 Å². The Kier molecular flexibility index (Phi) is 2.50. The summed E-state index contributed by atoms with van der Waals surface area (Å²) in [5, 5.41) is 0. The highest BCUT2D eigenvalue weighted by atomic mass is 28.2. The summed E-state index contributed by atoms with van der Waals surface area (Å²) in [5.41, 5.74) is -0.507. The lowest BCUT2D eigenvalue weighted by atomic mass is 9.88. The lowest BCUT2D eigenvalue weighted by Crippen LogP contribution is -2.39. The molecule has 76 valence electrons. The van der Waals surface area contributed by atoms with Crippen molar-refractivity contribution in [1.29, 1.82) is 0 Å². The van der Waals surface area contributed by atoms with Gasteiger partial charge < -0.3 is 13.9 Å². The molecule has 1 heterocycles. The molecule has 1 spiro atoms. The SMILES string of the molecule is C#CC1(O[SiH3])C=CC2(CC1)OCCO2. The zero-order valence-corrected chi connectivity index (χ0v) is 10.3. The monoisotopic (exact) mass is 210 g/mol. The van der Waals surface area contributed by atoms with Gasteiger partial charge in [-0.05, 0) is 18.6 Å². The smallest absolute Gasteiger partial charge is 0.188 e. The molecule has 1 fully saturated rings. The predicted molar refractivity (Wildman–Crippen MR) is 55.6 cm³/mol. The van der Waals surface area contributed by atoms with Crippen LogP contribution in [0.5, 0.6) is 0 Å². The second-order valence-electron chi connectivity index (χ2n) is 3.58. The van der Waals surface area contributed by atoms with Crippen LogP contribution in [0.2, 0.25) is 0 Å². The molecule has 3 nitrogen and oxygen atoms in total. The third-order valence-corrected chi connectivity index (χ3v) is 3.56. The van der Waals surface area contributed by atoms with Gasteiger partial charge in [0.25, 0.3) is 0 Å². The van der Waals surface area contributed by atoms with Gasteiger partial charge in [-0.1, -0.05) is 5.92 Å². The van der Waals surface area contributed by atoms with Crippen LogP contribution < -0.4 is 0 Å². The molecule has 1 aliphatic carbocycles. The second kappa shape index (κ2) is 3.52. The molecule has 0 aromatic rings. The Morgan fingerprint density at radius 1 is 1.29 bits per heavy atom. The maximum Gasteiger partial charge on any atom is 0.188 e. The largest absolute Gasteiger partial charge is 0.409 e. The van der Waals surface area contributed by atoms with Crippen LogP contribution >= 0.6 is 0 Å². The summed E-state index contributed by atoms with van der Waals surface area (Å²) in [6, 6.07) is 0. The van der Waals surface area contributed by atoms with Gasteiger partial charge in [0, 0.05) is 6.42 Å². The number of hydrogen-bond donors (Lipinski definition) is 0. The Morgan fingerprint density at radius 2 is 2.00 bits per heavy atom. The van der Waals surface area contributed by atoms with Crippen LogP contribution in [0, 0.1) is 12.3 Å². The van der Waals surface area contributed by atoms with E-state index in [9.17, 15) is 0 Å². The van der Waals surface area contributed by atoms with Gasteiger partial charge in [-0.2, -0.15) is 0 Å². The van der Waals surface area contributed by atoms with E-state index in [1.807, 2.05) is 12.2 Å². The van der Waals surface area contributed by atoms with E-state index in [0.29, 0.717) is 23.7 Å². The van der Waals surface area contributed by atoms with Gasteiger partial charge in [0.15, 0.2) is 5.79 Å². The summed E-state index contributed by atoms with van der Waals surface area (Å²) in [5.74, 6) is 2.17. The lowest BCUT2D eigenvalue weighted by Gasteiger charge is -2.35. The Hall–Kier alpha value is -0.603. The summed E-state index contributed by atoms with van der Waals surface area (Å²) in [4.78, 5) is 0. The van der Waals surface area contributed by atoms with Crippen molar-refractivity contribution in [1.82, 2.24) is 0 Å². The highest BCUT2D eigenvalue weighted by Crippen LogP contribution is 2.35. The van der Waals surface area contributed by atoms with E-state index in [1.165, 1.54) is 0 Å². The molecule has 0 saturated carbocycles. The summed E-state index contributed by atoms with van der Waals surface area (Å²) < 4.78 is 16.5. The van der Waals surface area contributed by atoms with Crippen molar-refractivity contribution < 1.29 is 13.9 Å². The van der Waals surface area contributed by atoms with Crippen LogP contribution in [-0.2, 0) is 13.9 Å². The van der Waals surface area contributed by atoms with Crippen molar-refractivity contribution in [2.75, 3.05) is 13.2 Å². The normalized spacial score (nSPS) is 34.8. The van der Waals surface area contributed by atoms with Crippen LogP contribution in [0.25, 0.3) is 0 Å². The van der Waals surface area contributed by atoms with Gasteiger partial charge in [-0.3, -0.25) is 0 Å². The van der Waals surface area contributed by atoms with Gasteiger partial charge in [-0.15, -0.1) is 6.42 Å². The number of ether oxygens (including phenoxy) is 2. The number of rotatable bonds is 1. The van der Waals surface area contributed by atoms with E-state index in [-0.39, 0.29) is 0 Å². The molecule has 0 N–H and O–H groups in total. The van der Waals surface area contributed by atoms with Crippen molar-refractivity contribution in [3.8, 4) is 12.3 Å². The minimum Gasteiger partial charge on any atom is -0.409 e. The number of hydrogen-bond acceptors (Lipinski definition) is 3. The molecule has 1 unspecified atom stereocenters. The molecule has 1 saturated heterocycles. The summed E-state index contributed by atoms with van der Waals surface area (Å²) in [6.45, 7) is 1.32. The average molecular weight is 210 g/mol. The van der Waals surface area contributed by atoms with Gasteiger partial charge in [0.05, 0.1) is 13.2 Å². The predicted octanol–water partition coefficient (Wildman–Crippen LogP) is -0.252. The van der Waals surface area contributed by atoms with E-state index in [0.717, 1.165) is 12.8 Å². The molecule has 1 aliphatic heterocycles. The van der Waals surface area contributed by atoms with Crippen molar-refractivity contribution in [2.45, 2.75) is 24.2 Å². The fourth-order valence-electron chi connectivity index (χ4n) is 1.85. The average Bonchev–Trinajstić information content (AvgIpc) is 2.69. The van der Waals surface area contributed by atoms with Crippen molar-refractivity contribution in [2.24, 2.45) is 0 Å². The first-order valence-electron chi connectivity index (χ1n) is 4.75. The Labute approximate surface area is 87.0 Å². The van der Waals surface area contributed by atoms with Crippen molar-refractivity contribution in [3.63, 3.8) is 0 Å². The summed E-state index contributed by atoms with van der Waals surface area (Å²) >= 11 is 0. The van der Waals surface area contributed by atoms with E-state index in [2.05, 4.69) is 5.92 Å². The fourth-order valence-corrected chi connectivity index (χ4v) is 2.31. The molecule has 2 rings (SSSR count). The van der Waals surface area contributed by atoms with E-state index >= 15 is 0 Å². The minimum atomic E-state index is -0.513. The van der Waals surface area contributed by atoms with Crippen LogP contribution in [0.3, 0.4) is 0 Å². The second-order valence-corrected chi connectivity index (χ2v) is 3.99. The van der Waals surface area contributed by atoms with Gasteiger partial charge in [0.1, 0.15) is 16.1 Å². The topological polar surface area (TPSA) is 27.7 Å². The Morgan fingerprint density at radius 3 is 2.43 bits per heavy atom. The third kappa shape index (κ3) is 1.53. The zero-order valence-electron chi connectivity index (χ0n) is 8.29. The lowest BCUT2D eigenvalue weighted by molar-refractivity contribution is -0.132. The molecular weight excluding hydrogens is 196 g/mol. The maximum atomic E-state index is 5.54. The summed E-state index contributed by atoms with van der Waals surface area (Å²) in [6.07, 6.45) is 10.8. The molecule has 0 radical (unpaired) electrons. The molecule has 2 aliphatic rings. The van der Waals surface area contributed by atoms with Crippen LogP contribution in [0.4, 0.5) is 0 Å². The zero-order chi connectivity index (χ0) is 10.1. The highest BCUT2D eigenvalue weighted by molar-refractivity contribution is 5.98. The molecule has 14 heavy (non-hydrogen) atoms. The van der Waals surface area contributed by atoms with Crippen LogP contribution in [-0.4, -0.2) is 35.1 Å². The Bertz CT molecular complexity index is 288. The quantitative estimate of drug-likeness (QED) is 0.339.